The smallest absolute Gasteiger partial charge is 0.339 e. The first-order chi connectivity index (χ1) is 13.6. The number of aromatic nitrogens is 5. The summed E-state index contributed by atoms with van der Waals surface area (Å²) in [6.45, 7) is 1.63. The van der Waals surface area contributed by atoms with Crippen molar-refractivity contribution in [3.63, 3.8) is 0 Å². The first-order valence-corrected chi connectivity index (χ1v) is 9.00. The lowest BCUT2D eigenvalue weighted by atomic mass is 10.2. The van der Waals surface area contributed by atoms with Gasteiger partial charge in [-0.25, -0.2) is 19.7 Å². The Bertz CT molecular complexity index is 970. The van der Waals surface area contributed by atoms with Gasteiger partial charge in [-0.1, -0.05) is 0 Å². The van der Waals surface area contributed by atoms with Crippen molar-refractivity contribution in [3.8, 4) is 11.3 Å². The molecule has 3 aromatic rings. The molecule has 1 aliphatic heterocycles. The lowest BCUT2D eigenvalue weighted by molar-refractivity contribution is 0.0600. The Labute approximate surface area is 162 Å². The van der Waals surface area contributed by atoms with Gasteiger partial charge < -0.3 is 15.0 Å². The topological polar surface area (TPSA) is 98.1 Å². The third-order valence-electron chi connectivity index (χ3n) is 4.65. The van der Waals surface area contributed by atoms with Gasteiger partial charge in [0.05, 0.1) is 24.6 Å². The van der Waals surface area contributed by atoms with E-state index in [2.05, 4.69) is 30.3 Å². The van der Waals surface area contributed by atoms with Crippen LogP contribution >= 0.6 is 0 Å². The van der Waals surface area contributed by atoms with Gasteiger partial charge in [-0.05, 0) is 24.6 Å². The molecule has 0 saturated carbocycles. The Morgan fingerprint density at radius 1 is 1.25 bits per heavy atom. The zero-order valence-corrected chi connectivity index (χ0v) is 15.7. The minimum atomic E-state index is -0.392. The monoisotopic (exact) mass is 379 g/mol. The van der Waals surface area contributed by atoms with Crippen LogP contribution in [0, 0.1) is 0 Å². The summed E-state index contributed by atoms with van der Waals surface area (Å²) in [5.41, 5.74) is 2.26. The van der Waals surface area contributed by atoms with Crippen LogP contribution in [0.5, 0.6) is 0 Å². The Hall–Kier alpha value is -3.49. The van der Waals surface area contributed by atoms with E-state index in [0.717, 1.165) is 36.6 Å². The molecule has 0 aromatic carbocycles. The van der Waals surface area contributed by atoms with Crippen molar-refractivity contribution in [3.05, 3.63) is 48.5 Å². The van der Waals surface area contributed by atoms with Crippen LogP contribution in [-0.4, -0.2) is 56.9 Å². The van der Waals surface area contributed by atoms with E-state index < -0.39 is 5.97 Å². The molecule has 9 nitrogen and oxygen atoms in total. The van der Waals surface area contributed by atoms with Gasteiger partial charge in [-0.3, -0.25) is 4.68 Å². The number of ether oxygens (including phenoxy) is 1. The van der Waals surface area contributed by atoms with Gasteiger partial charge >= 0.3 is 5.97 Å². The maximum atomic E-state index is 11.5. The van der Waals surface area contributed by atoms with Crippen molar-refractivity contribution in [2.45, 2.75) is 12.5 Å². The highest BCUT2D eigenvalue weighted by molar-refractivity contribution is 5.89. The largest absolute Gasteiger partial charge is 0.465 e. The molecule has 1 atom stereocenters. The Kier molecular flexibility index (Phi) is 4.88. The number of nitrogens with one attached hydrogen (secondary N) is 1. The van der Waals surface area contributed by atoms with E-state index in [9.17, 15) is 4.79 Å². The molecule has 28 heavy (non-hydrogen) atoms. The molecule has 1 saturated heterocycles. The minimum absolute atomic E-state index is 0.224. The van der Waals surface area contributed by atoms with Crippen LogP contribution in [0.15, 0.2) is 43.0 Å². The molecule has 0 bridgehead atoms. The average Bonchev–Trinajstić information content (AvgIpc) is 3.37. The predicted octanol–water partition coefficient (Wildman–Crippen LogP) is 1.75. The van der Waals surface area contributed by atoms with E-state index in [1.165, 1.54) is 13.3 Å². The van der Waals surface area contributed by atoms with Gasteiger partial charge in [-0.15, -0.1) is 0 Å². The highest BCUT2D eigenvalue weighted by Gasteiger charge is 2.25. The van der Waals surface area contributed by atoms with Crippen LogP contribution in [-0.2, 0) is 11.8 Å². The molecule has 0 aliphatic carbocycles. The number of hydrogen-bond donors (Lipinski definition) is 1. The fourth-order valence-corrected chi connectivity index (χ4v) is 3.20. The van der Waals surface area contributed by atoms with Crippen molar-refractivity contribution in [1.82, 2.24) is 24.7 Å². The zero-order valence-electron chi connectivity index (χ0n) is 15.7. The van der Waals surface area contributed by atoms with E-state index in [1.807, 2.05) is 19.3 Å². The molecule has 3 aromatic heterocycles. The summed E-state index contributed by atoms with van der Waals surface area (Å²) in [6, 6.07) is 5.60. The predicted molar refractivity (Wildman–Crippen MR) is 104 cm³/mol. The van der Waals surface area contributed by atoms with Crippen LogP contribution in [0.25, 0.3) is 11.3 Å². The first kappa shape index (κ1) is 17.9. The maximum Gasteiger partial charge on any atom is 0.339 e. The van der Waals surface area contributed by atoms with Crippen molar-refractivity contribution in [2.24, 2.45) is 7.05 Å². The lowest BCUT2D eigenvalue weighted by Crippen LogP contribution is -2.27. The highest BCUT2D eigenvalue weighted by Crippen LogP contribution is 2.22. The first-order valence-electron chi connectivity index (χ1n) is 9.00. The SMILES string of the molecule is COC(=O)c1ccc(NC2CCN(c3nccc(-c4cnn(C)c4)n3)C2)nc1. The number of esters is 1. The fraction of sp³-hybridized carbons (Fsp3) is 0.316. The Morgan fingerprint density at radius 3 is 2.86 bits per heavy atom. The van der Waals surface area contributed by atoms with E-state index in [1.54, 1.807) is 29.2 Å². The highest BCUT2D eigenvalue weighted by atomic mass is 16.5. The summed E-state index contributed by atoms with van der Waals surface area (Å²) in [4.78, 5) is 27.1. The third-order valence-corrected chi connectivity index (χ3v) is 4.65. The maximum absolute atomic E-state index is 11.5. The summed E-state index contributed by atoms with van der Waals surface area (Å²) < 4.78 is 6.45. The molecule has 0 amide bonds. The van der Waals surface area contributed by atoms with Gasteiger partial charge in [0.2, 0.25) is 5.95 Å². The summed E-state index contributed by atoms with van der Waals surface area (Å²) in [6.07, 6.45) is 7.97. The molecule has 0 radical (unpaired) electrons. The van der Waals surface area contributed by atoms with Crippen molar-refractivity contribution < 1.29 is 9.53 Å². The lowest BCUT2D eigenvalue weighted by Gasteiger charge is -2.17. The molecular weight excluding hydrogens is 358 g/mol. The fourth-order valence-electron chi connectivity index (χ4n) is 3.20. The van der Waals surface area contributed by atoms with Gasteiger partial charge in [0.1, 0.15) is 5.82 Å². The number of carbonyl (C=O) groups excluding carboxylic acids is 1. The minimum Gasteiger partial charge on any atom is -0.465 e. The van der Waals surface area contributed by atoms with Crippen LogP contribution in [0.1, 0.15) is 16.8 Å². The molecule has 1 N–H and O–H groups in total. The molecule has 1 unspecified atom stereocenters. The number of nitrogens with zero attached hydrogens (tertiary/aromatic N) is 6. The van der Waals surface area contributed by atoms with Crippen molar-refractivity contribution in [1.29, 1.82) is 0 Å². The number of hydrogen-bond acceptors (Lipinski definition) is 8. The molecule has 4 rings (SSSR count). The van der Waals surface area contributed by atoms with E-state index in [4.69, 9.17) is 4.74 Å². The van der Waals surface area contributed by atoms with Crippen molar-refractivity contribution in [2.75, 3.05) is 30.4 Å². The van der Waals surface area contributed by atoms with E-state index in [-0.39, 0.29) is 6.04 Å². The van der Waals surface area contributed by atoms with Gasteiger partial charge in [-0.2, -0.15) is 5.10 Å². The molecule has 1 aliphatic rings. The summed E-state index contributed by atoms with van der Waals surface area (Å²) in [7, 11) is 3.24. The number of methoxy groups -OCH3 is 1. The normalized spacial score (nSPS) is 16.2. The summed E-state index contributed by atoms with van der Waals surface area (Å²) in [5.74, 6) is 1.04. The van der Waals surface area contributed by atoms with Crippen LogP contribution in [0.3, 0.4) is 0 Å². The zero-order chi connectivity index (χ0) is 19.5. The van der Waals surface area contributed by atoms with Crippen LogP contribution < -0.4 is 10.2 Å². The summed E-state index contributed by atoms with van der Waals surface area (Å²) >= 11 is 0. The third kappa shape index (κ3) is 3.78. The molecule has 4 heterocycles. The Morgan fingerprint density at radius 2 is 2.14 bits per heavy atom. The average molecular weight is 379 g/mol. The van der Waals surface area contributed by atoms with Gasteiger partial charge in [0.25, 0.3) is 0 Å². The molecule has 1 fully saturated rings. The second kappa shape index (κ2) is 7.63. The number of aryl methyl sites for hydroxylation is 1. The van der Waals surface area contributed by atoms with Crippen molar-refractivity contribution >= 4 is 17.7 Å². The number of pyridine rings is 1. The molecular formula is C19H21N7O2. The second-order valence-electron chi connectivity index (χ2n) is 6.64. The molecule has 144 valence electrons. The van der Waals surface area contributed by atoms with Gasteiger partial charge in [0.15, 0.2) is 0 Å². The Balaban J connectivity index is 1.41. The standard InChI is InChI=1S/C19H21N7O2/c1-25-11-14(10-22-25)16-5-7-20-19(24-16)26-8-6-15(12-26)23-17-4-3-13(9-21-17)18(27)28-2/h3-5,7,9-11,15H,6,8,12H2,1-2H3,(H,21,23). The second-order valence-corrected chi connectivity index (χ2v) is 6.64. The van der Waals surface area contributed by atoms with E-state index >= 15 is 0 Å². The quantitative estimate of drug-likeness (QED) is 0.670. The number of anilines is 2. The molecule has 0 spiro atoms. The van der Waals surface area contributed by atoms with Crippen LogP contribution in [0.2, 0.25) is 0 Å². The van der Waals surface area contributed by atoms with Crippen LogP contribution in [0.4, 0.5) is 11.8 Å². The molecule has 9 heteroatoms. The van der Waals surface area contributed by atoms with Gasteiger partial charge in [0, 0.05) is 50.3 Å². The number of rotatable bonds is 5. The summed E-state index contributed by atoms with van der Waals surface area (Å²) in [5, 5.41) is 7.60. The number of carbonyl (C=O) groups is 1. The van der Waals surface area contributed by atoms with E-state index in [0.29, 0.717) is 11.5 Å².